The number of hydrogen-bond acceptors (Lipinski definition) is 4. The Morgan fingerprint density at radius 3 is 2.31 bits per heavy atom. The van der Waals surface area contributed by atoms with Crippen LogP contribution in [0.5, 0.6) is 11.5 Å². The van der Waals surface area contributed by atoms with Crippen molar-refractivity contribution in [3.05, 3.63) is 83.7 Å². The topological polar surface area (TPSA) is 57.4 Å². The predicted octanol–water partition coefficient (Wildman–Crippen LogP) is 5.58. The highest BCUT2D eigenvalue weighted by atomic mass is 16.5. The van der Waals surface area contributed by atoms with E-state index in [1.54, 1.807) is 19.5 Å². The maximum Gasteiger partial charge on any atom is 0.162 e. The summed E-state index contributed by atoms with van der Waals surface area (Å²) in [6.45, 7) is 0. The van der Waals surface area contributed by atoms with Gasteiger partial charge in [0.25, 0.3) is 0 Å². The SMILES string of the molecule is COc1ccc(/C(=C/c2ccncc2)c2ccc(N)cc2)cc1OC1CCCC1. The Hall–Kier alpha value is -3.27. The second-order valence-electron chi connectivity index (χ2n) is 7.35. The number of anilines is 1. The first-order valence-electron chi connectivity index (χ1n) is 10.1. The van der Waals surface area contributed by atoms with Crippen LogP contribution in [0.4, 0.5) is 5.69 Å². The van der Waals surface area contributed by atoms with Crippen LogP contribution in [-0.2, 0) is 0 Å². The number of ether oxygens (including phenoxy) is 2. The number of nitrogens with zero attached hydrogens (tertiary/aromatic N) is 1. The monoisotopic (exact) mass is 386 g/mol. The van der Waals surface area contributed by atoms with Gasteiger partial charge in [-0.25, -0.2) is 0 Å². The molecule has 0 bridgehead atoms. The van der Waals surface area contributed by atoms with Crippen molar-refractivity contribution >= 4 is 17.3 Å². The van der Waals surface area contributed by atoms with Gasteiger partial charge in [0, 0.05) is 18.1 Å². The number of hydrogen-bond donors (Lipinski definition) is 1. The normalized spacial score (nSPS) is 14.7. The minimum Gasteiger partial charge on any atom is -0.493 e. The van der Waals surface area contributed by atoms with Crippen LogP contribution in [0, 0.1) is 0 Å². The number of pyridine rings is 1. The number of nitrogens with two attached hydrogens (primary N) is 1. The lowest BCUT2D eigenvalue weighted by Crippen LogP contribution is -2.11. The molecule has 2 aromatic carbocycles. The summed E-state index contributed by atoms with van der Waals surface area (Å²) in [5, 5.41) is 0. The van der Waals surface area contributed by atoms with Gasteiger partial charge < -0.3 is 15.2 Å². The van der Waals surface area contributed by atoms with Crippen molar-refractivity contribution in [1.82, 2.24) is 4.98 Å². The number of aromatic nitrogens is 1. The van der Waals surface area contributed by atoms with Crippen LogP contribution in [0.15, 0.2) is 67.0 Å². The molecule has 1 aromatic heterocycles. The fraction of sp³-hybridized carbons (Fsp3) is 0.240. The molecule has 4 nitrogen and oxygen atoms in total. The maximum atomic E-state index is 6.31. The van der Waals surface area contributed by atoms with Crippen molar-refractivity contribution in [2.45, 2.75) is 31.8 Å². The highest BCUT2D eigenvalue weighted by molar-refractivity contribution is 5.92. The Bertz CT molecular complexity index is 975. The largest absolute Gasteiger partial charge is 0.493 e. The van der Waals surface area contributed by atoms with Gasteiger partial charge in [0.2, 0.25) is 0 Å². The van der Waals surface area contributed by atoms with Gasteiger partial charge in [-0.2, -0.15) is 0 Å². The van der Waals surface area contributed by atoms with Crippen molar-refractivity contribution in [3.63, 3.8) is 0 Å². The zero-order valence-corrected chi connectivity index (χ0v) is 16.7. The Labute approximate surface area is 172 Å². The maximum absolute atomic E-state index is 6.31. The number of rotatable bonds is 6. The Morgan fingerprint density at radius 1 is 0.931 bits per heavy atom. The highest BCUT2D eigenvalue weighted by Gasteiger charge is 2.19. The van der Waals surface area contributed by atoms with E-state index >= 15 is 0 Å². The highest BCUT2D eigenvalue weighted by Crippen LogP contribution is 2.36. The lowest BCUT2D eigenvalue weighted by Gasteiger charge is -2.18. The molecule has 0 spiro atoms. The van der Waals surface area contributed by atoms with E-state index in [9.17, 15) is 0 Å². The molecule has 2 N–H and O–H groups in total. The van der Waals surface area contributed by atoms with Gasteiger partial charge in [-0.15, -0.1) is 0 Å². The second-order valence-corrected chi connectivity index (χ2v) is 7.35. The average molecular weight is 386 g/mol. The summed E-state index contributed by atoms with van der Waals surface area (Å²) in [6.07, 6.45) is 10.7. The Kier molecular flexibility index (Phi) is 5.80. The summed E-state index contributed by atoms with van der Waals surface area (Å²) >= 11 is 0. The summed E-state index contributed by atoms with van der Waals surface area (Å²) in [7, 11) is 1.68. The van der Waals surface area contributed by atoms with E-state index < -0.39 is 0 Å². The van der Waals surface area contributed by atoms with E-state index in [0.717, 1.165) is 52.3 Å². The molecule has 0 amide bonds. The molecule has 0 aliphatic heterocycles. The summed E-state index contributed by atoms with van der Waals surface area (Å²) < 4.78 is 11.9. The van der Waals surface area contributed by atoms with E-state index in [0.29, 0.717) is 0 Å². The fourth-order valence-corrected chi connectivity index (χ4v) is 3.74. The van der Waals surface area contributed by atoms with Crippen LogP contribution in [-0.4, -0.2) is 18.2 Å². The standard InChI is InChI=1S/C25H26N2O2/c1-28-24-11-8-20(17-25(24)29-22-4-2-3-5-22)23(16-18-12-14-27-15-13-18)19-6-9-21(26)10-7-19/h6-17,22H,2-5,26H2,1H3/b23-16+. The van der Waals surface area contributed by atoms with E-state index in [1.807, 2.05) is 42.5 Å². The van der Waals surface area contributed by atoms with Crippen LogP contribution in [0.25, 0.3) is 11.6 Å². The predicted molar refractivity (Wildman–Crippen MR) is 118 cm³/mol. The minimum absolute atomic E-state index is 0.267. The molecule has 1 aliphatic rings. The fourth-order valence-electron chi connectivity index (χ4n) is 3.74. The van der Waals surface area contributed by atoms with Gasteiger partial charge >= 0.3 is 0 Å². The van der Waals surface area contributed by atoms with Gasteiger partial charge in [-0.1, -0.05) is 18.2 Å². The van der Waals surface area contributed by atoms with Crippen molar-refractivity contribution < 1.29 is 9.47 Å². The molecule has 4 heteroatoms. The van der Waals surface area contributed by atoms with Crippen molar-refractivity contribution in [3.8, 4) is 11.5 Å². The number of methoxy groups -OCH3 is 1. The quantitative estimate of drug-likeness (QED) is 0.562. The van der Waals surface area contributed by atoms with Crippen molar-refractivity contribution in [2.75, 3.05) is 12.8 Å². The van der Waals surface area contributed by atoms with E-state index in [4.69, 9.17) is 15.2 Å². The van der Waals surface area contributed by atoms with Crippen LogP contribution in [0.1, 0.15) is 42.4 Å². The average Bonchev–Trinajstić information content (AvgIpc) is 3.27. The molecule has 1 fully saturated rings. The summed E-state index contributed by atoms with van der Waals surface area (Å²) in [5.74, 6) is 1.56. The molecule has 0 saturated heterocycles. The first-order valence-corrected chi connectivity index (χ1v) is 10.1. The molecule has 3 aromatic rings. The van der Waals surface area contributed by atoms with Crippen molar-refractivity contribution in [1.29, 1.82) is 0 Å². The second kappa shape index (κ2) is 8.82. The first-order chi connectivity index (χ1) is 14.2. The van der Waals surface area contributed by atoms with Gasteiger partial charge in [0.15, 0.2) is 11.5 Å². The minimum atomic E-state index is 0.267. The Balaban J connectivity index is 1.77. The summed E-state index contributed by atoms with van der Waals surface area (Å²) in [5.41, 5.74) is 11.0. The van der Waals surface area contributed by atoms with Crippen LogP contribution >= 0.6 is 0 Å². The molecule has 0 atom stereocenters. The molecule has 1 aliphatic carbocycles. The van der Waals surface area contributed by atoms with E-state index in [-0.39, 0.29) is 6.10 Å². The number of nitrogen functional groups attached to an aromatic ring is 1. The zero-order valence-electron chi connectivity index (χ0n) is 16.7. The molecule has 29 heavy (non-hydrogen) atoms. The molecule has 148 valence electrons. The van der Waals surface area contributed by atoms with Crippen molar-refractivity contribution in [2.24, 2.45) is 0 Å². The molecular weight excluding hydrogens is 360 g/mol. The molecule has 0 unspecified atom stereocenters. The van der Waals surface area contributed by atoms with Gasteiger partial charge in [-0.05, 0) is 90.4 Å². The summed E-state index contributed by atoms with van der Waals surface area (Å²) in [6, 6.07) is 18.1. The lowest BCUT2D eigenvalue weighted by atomic mass is 9.95. The molecular formula is C25H26N2O2. The van der Waals surface area contributed by atoms with Crippen LogP contribution < -0.4 is 15.2 Å². The van der Waals surface area contributed by atoms with Gasteiger partial charge in [0.05, 0.1) is 13.2 Å². The third kappa shape index (κ3) is 4.60. The van der Waals surface area contributed by atoms with Crippen LogP contribution in [0.2, 0.25) is 0 Å². The summed E-state index contributed by atoms with van der Waals surface area (Å²) in [4.78, 5) is 4.12. The molecule has 0 radical (unpaired) electrons. The Morgan fingerprint density at radius 2 is 1.62 bits per heavy atom. The van der Waals surface area contributed by atoms with E-state index in [2.05, 4.69) is 23.2 Å². The number of benzene rings is 2. The smallest absolute Gasteiger partial charge is 0.162 e. The molecule has 1 saturated carbocycles. The lowest BCUT2D eigenvalue weighted by molar-refractivity contribution is 0.201. The molecule has 4 rings (SSSR count). The van der Waals surface area contributed by atoms with E-state index in [1.165, 1.54) is 12.8 Å². The third-order valence-electron chi connectivity index (χ3n) is 5.31. The zero-order chi connectivity index (χ0) is 20.1. The first kappa shape index (κ1) is 19.1. The van der Waals surface area contributed by atoms with Crippen LogP contribution in [0.3, 0.4) is 0 Å². The van der Waals surface area contributed by atoms with Gasteiger partial charge in [0.1, 0.15) is 0 Å². The molecule has 1 heterocycles. The third-order valence-corrected chi connectivity index (χ3v) is 5.31. The van der Waals surface area contributed by atoms with Gasteiger partial charge in [-0.3, -0.25) is 4.98 Å².